The standard InChI is InChI=1S/C13H16FN3/c1-9-13(10-4-6-11(14)7-5-10)12(8-15-2)17(3)16-9/h4-7,15H,8H2,1-3H3. The topological polar surface area (TPSA) is 29.9 Å². The summed E-state index contributed by atoms with van der Waals surface area (Å²) in [4.78, 5) is 0. The van der Waals surface area contributed by atoms with Gasteiger partial charge in [-0.05, 0) is 31.7 Å². The first-order chi connectivity index (χ1) is 8.13. The molecule has 0 fully saturated rings. The molecule has 3 nitrogen and oxygen atoms in total. The Labute approximate surface area is 100 Å². The molecule has 0 bridgehead atoms. The highest BCUT2D eigenvalue weighted by Gasteiger charge is 2.14. The van der Waals surface area contributed by atoms with Gasteiger partial charge in [-0.1, -0.05) is 12.1 Å². The van der Waals surface area contributed by atoms with Crippen LogP contribution in [0.1, 0.15) is 11.4 Å². The minimum Gasteiger partial charge on any atom is -0.314 e. The Morgan fingerprint density at radius 2 is 1.94 bits per heavy atom. The van der Waals surface area contributed by atoms with E-state index in [0.29, 0.717) is 0 Å². The van der Waals surface area contributed by atoms with Crippen LogP contribution in [0.4, 0.5) is 4.39 Å². The molecule has 90 valence electrons. The van der Waals surface area contributed by atoms with Gasteiger partial charge in [0.2, 0.25) is 0 Å². The number of halogens is 1. The van der Waals surface area contributed by atoms with Crippen LogP contribution in [0.25, 0.3) is 11.1 Å². The molecular formula is C13H16FN3. The van der Waals surface area contributed by atoms with E-state index in [2.05, 4.69) is 10.4 Å². The Balaban J connectivity index is 2.53. The number of nitrogens with zero attached hydrogens (tertiary/aromatic N) is 2. The molecule has 0 aliphatic rings. The van der Waals surface area contributed by atoms with Crippen LogP contribution in [0.15, 0.2) is 24.3 Å². The third kappa shape index (κ3) is 2.22. The summed E-state index contributed by atoms with van der Waals surface area (Å²) < 4.78 is 14.8. The average molecular weight is 233 g/mol. The maximum absolute atomic E-state index is 12.9. The van der Waals surface area contributed by atoms with Crippen LogP contribution in [0.5, 0.6) is 0 Å². The monoisotopic (exact) mass is 233 g/mol. The minimum absolute atomic E-state index is 0.217. The second kappa shape index (κ2) is 4.67. The number of nitrogens with one attached hydrogen (secondary N) is 1. The molecule has 2 rings (SSSR count). The summed E-state index contributed by atoms with van der Waals surface area (Å²) in [6.45, 7) is 2.71. The van der Waals surface area contributed by atoms with Crippen molar-refractivity contribution >= 4 is 0 Å². The predicted octanol–water partition coefficient (Wildman–Crippen LogP) is 2.25. The van der Waals surface area contributed by atoms with Gasteiger partial charge in [0.05, 0.1) is 11.4 Å². The highest BCUT2D eigenvalue weighted by Crippen LogP contribution is 2.27. The third-order valence-electron chi connectivity index (χ3n) is 2.82. The van der Waals surface area contributed by atoms with Crippen molar-refractivity contribution in [2.75, 3.05) is 7.05 Å². The SMILES string of the molecule is CNCc1c(-c2ccc(F)cc2)c(C)nn1C. The molecule has 4 heteroatoms. The van der Waals surface area contributed by atoms with Crippen LogP contribution < -0.4 is 5.32 Å². The van der Waals surface area contributed by atoms with Crippen LogP contribution in [-0.4, -0.2) is 16.8 Å². The lowest BCUT2D eigenvalue weighted by molar-refractivity contribution is 0.628. The fourth-order valence-electron chi connectivity index (χ4n) is 2.07. The maximum Gasteiger partial charge on any atom is 0.123 e. The number of benzene rings is 1. The Morgan fingerprint density at radius 3 is 2.53 bits per heavy atom. The van der Waals surface area contributed by atoms with Crippen molar-refractivity contribution in [3.8, 4) is 11.1 Å². The smallest absolute Gasteiger partial charge is 0.123 e. The lowest BCUT2D eigenvalue weighted by Gasteiger charge is -2.06. The second-order valence-electron chi connectivity index (χ2n) is 4.07. The van der Waals surface area contributed by atoms with E-state index in [1.54, 1.807) is 12.1 Å². The largest absolute Gasteiger partial charge is 0.314 e. The summed E-state index contributed by atoms with van der Waals surface area (Å²) in [6.07, 6.45) is 0. The van der Waals surface area contributed by atoms with Gasteiger partial charge in [-0.15, -0.1) is 0 Å². The third-order valence-corrected chi connectivity index (χ3v) is 2.82. The molecule has 1 aromatic heterocycles. The van der Waals surface area contributed by atoms with Crippen molar-refractivity contribution in [2.24, 2.45) is 7.05 Å². The molecule has 1 aromatic carbocycles. The zero-order valence-electron chi connectivity index (χ0n) is 10.3. The van der Waals surface area contributed by atoms with Gasteiger partial charge in [0.15, 0.2) is 0 Å². The Kier molecular flexibility index (Phi) is 3.24. The lowest BCUT2D eigenvalue weighted by Crippen LogP contribution is -2.10. The Hall–Kier alpha value is -1.68. The molecule has 17 heavy (non-hydrogen) atoms. The summed E-state index contributed by atoms with van der Waals surface area (Å²) in [5, 5.41) is 7.54. The average Bonchev–Trinajstić information content (AvgIpc) is 2.56. The molecule has 0 amide bonds. The molecule has 1 heterocycles. The van der Waals surface area contributed by atoms with Crippen molar-refractivity contribution in [1.29, 1.82) is 0 Å². The fraction of sp³-hybridized carbons (Fsp3) is 0.308. The van der Waals surface area contributed by atoms with E-state index in [0.717, 1.165) is 29.1 Å². The summed E-state index contributed by atoms with van der Waals surface area (Å²) in [5.74, 6) is -0.217. The number of hydrogen-bond acceptors (Lipinski definition) is 2. The summed E-state index contributed by atoms with van der Waals surface area (Å²) in [5.41, 5.74) is 4.16. The van der Waals surface area contributed by atoms with Crippen molar-refractivity contribution in [1.82, 2.24) is 15.1 Å². The molecule has 0 atom stereocenters. The highest BCUT2D eigenvalue weighted by molar-refractivity contribution is 5.68. The van der Waals surface area contributed by atoms with E-state index in [-0.39, 0.29) is 5.82 Å². The van der Waals surface area contributed by atoms with E-state index in [4.69, 9.17) is 0 Å². The molecule has 1 N–H and O–H groups in total. The number of aromatic nitrogens is 2. The molecule has 0 aliphatic carbocycles. The van der Waals surface area contributed by atoms with Gasteiger partial charge in [-0.3, -0.25) is 4.68 Å². The van der Waals surface area contributed by atoms with Gasteiger partial charge in [0, 0.05) is 19.2 Å². The van der Waals surface area contributed by atoms with Crippen LogP contribution in [0.2, 0.25) is 0 Å². The molecular weight excluding hydrogens is 217 g/mol. The fourth-order valence-corrected chi connectivity index (χ4v) is 2.07. The van der Waals surface area contributed by atoms with Crippen LogP contribution in [-0.2, 0) is 13.6 Å². The quantitative estimate of drug-likeness (QED) is 0.881. The Morgan fingerprint density at radius 1 is 1.29 bits per heavy atom. The second-order valence-corrected chi connectivity index (χ2v) is 4.07. The van der Waals surface area contributed by atoms with E-state index in [1.807, 2.05) is 25.7 Å². The van der Waals surface area contributed by atoms with Gasteiger partial charge >= 0.3 is 0 Å². The first-order valence-electron chi connectivity index (χ1n) is 5.56. The minimum atomic E-state index is -0.217. The van der Waals surface area contributed by atoms with Crippen LogP contribution in [0.3, 0.4) is 0 Å². The maximum atomic E-state index is 12.9. The molecule has 0 spiro atoms. The van der Waals surface area contributed by atoms with E-state index in [1.165, 1.54) is 12.1 Å². The summed E-state index contributed by atoms with van der Waals surface area (Å²) >= 11 is 0. The first kappa shape index (κ1) is 11.8. The summed E-state index contributed by atoms with van der Waals surface area (Å²) in [6, 6.07) is 6.53. The lowest BCUT2D eigenvalue weighted by atomic mass is 10.0. The summed E-state index contributed by atoms with van der Waals surface area (Å²) in [7, 11) is 3.82. The van der Waals surface area contributed by atoms with Gasteiger partial charge in [0.25, 0.3) is 0 Å². The van der Waals surface area contributed by atoms with Crippen LogP contribution in [0, 0.1) is 12.7 Å². The van der Waals surface area contributed by atoms with E-state index in [9.17, 15) is 4.39 Å². The van der Waals surface area contributed by atoms with Gasteiger partial charge < -0.3 is 5.32 Å². The number of hydrogen-bond donors (Lipinski definition) is 1. The van der Waals surface area contributed by atoms with Gasteiger partial charge in [-0.2, -0.15) is 5.10 Å². The van der Waals surface area contributed by atoms with Gasteiger partial charge in [0.1, 0.15) is 5.82 Å². The van der Waals surface area contributed by atoms with Crippen molar-refractivity contribution in [2.45, 2.75) is 13.5 Å². The van der Waals surface area contributed by atoms with Crippen molar-refractivity contribution in [3.05, 3.63) is 41.5 Å². The molecule has 0 unspecified atom stereocenters. The normalized spacial score (nSPS) is 10.8. The van der Waals surface area contributed by atoms with E-state index < -0.39 is 0 Å². The van der Waals surface area contributed by atoms with E-state index >= 15 is 0 Å². The zero-order valence-corrected chi connectivity index (χ0v) is 10.3. The predicted molar refractivity (Wildman–Crippen MR) is 66.1 cm³/mol. The molecule has 2 aromatic rings. The molecule has 0 radical (unpaired) electrons. The number of rotatable bonds is 3. The van der Waals surface area contributed by atoms with Crippen LogP contribution >= 0.6 is 0 Å². The highest BCUT2D eigenvalue weighted by atomic mass is 19.1. The molecule has 0 saturated heterocycles. The van der Waals surface area contributed by atoms with Crippen molar-refractivity contribution < 1.29 is 4.39 Å². The Bertz CT molecular complexity index is 514. The zero-order chi connectivity index (χ0) is 12.4. The van der Waals surface area contributed by atoms with Crippen molar-refractivity contribution in [3.63, 3.8) is 0 Å². The molecule has 0 saturated carbocycles. The number of aryl methyl sites for hydroxylation is 2. The first-order valence-corrected chi connectivity index (χ1v) is 5.56. The van der Waals surface area contributed by atoms with Gasteiger partial charge in [-0.25, -0.2) is 4.39 Å². The molecule has 0 aliphatic heterocycles.